The highest BCUT2D eigenvalue weighted by Gasteiger charge is 2.48. The number of piperidine rings is 1. The molecule has 116 valence electrons. The van der Waals surface area contributed by atoms with Crippen molar-refractivity contribution in [2.75, 3.05) is 26.0 Å². The van der Waals surface area contributed by atoms with Crippen molar-refractivity contribution in [2.45, 2.75) is 37.0 Å². The smallest absolute Gasteiger partial charge is 0.119 e. The van der Waals surface area contributed by atoms with Crippen LogP contribution in [0.15, 0.2) is 29.2 Å². The fraction of sp³-hybridized carbons (Fsp3) is 0.647. The maximum Gasteiger partial charge on any atom is 0.119 e. The van der Waals surface area contributed by atoms with E-state index >= 15 is 0 Å². The Hall–Kier alpha value is -0.870. The molecule has 0 bridgehead atoms. The first-order chi connectivity index (χ1) is 10.2. The summed E-state index contributed by atoms with van der Waals surface area (Å²) < 4.78 is 17.2. The molecule has 0 spiro atoms. The molecule has 1 aromatic carbocycles. The summed E-state index contributed by atoms with van der Waals surface area (Å²) in [6.07, 6.45) is 8.31. The Morgan fingerprint density at radius 3 is 2.48 bits per heavy atom. The van der Waals surface area contributed by atoms with Gasteiger partial charge in [-0.2, -0.15) is 0 Å². The van der Waals surface area contributed by atoms with Crippen LogP contribution in [0.1, 0.15) is 32.1 Å². The predicted octanol–water partition coefficient (Wildman–Crippen LogP) is 2.97. The van der Waals surface area contributed by atoms with E-state index < -0.39 is 10.8 Å². The molecule has 1 saturated heterocycles. The molecule has 0 radical (unpaired) electrons. The molecule has 1 atom stereocenters. The second kappa shape index (κ2) is 6.49. The maximum absolute atomic E-state index is 11.4. The minimum atomic E-state index is -0.912. The third-order valence-electron chi connectivity index (χ3n) is 5.12. The van der Waals surface area contributed by atoms with E-state index in [9.17, 15) is 4.21 Å². The average molecular weight is 307 g/mol. The van der Waals surface area contributed by atoms with Crippen molar-refractivity contribution in [3.8, 4) is 5.75 Å². The molecule has 1 aromatic rings. The van der Waals surface area contributed by atoms with Crippen molar-refractivity contribution >= 4 is 10.8 Å². The summed E-state index contributed by atoms with van der Waals surface area (Å²) in [5.74, 6) is 1.79. The summed E-state index contributed by atoms with van der Waals surface area (Å²) in [6, 6.07) is 7.65. The number of benzene rings is 1. The lowest BCUT2D eigenvalue weighted by molar-refractivity contribution is 0.185. The fourth-order valence-electron chi connectivity index (χ4n) is 3.56. The van der Waals surface area contributed by atoms with E-state index in [1.54, 1.807) is 6.26 Å². The van der Waals surface area contributed by atoms with Gasteiger partial charge in [-0.25, -0.2) is 0 Å². The van der Waals surface area contributed by atoms with E-state index in [0.29, 0.717) is 5.41 Å². The molecule has 1 saturated carbocycles. The van der Waals surface area contributed by atoms with Crippen LogP contribution in [0.5, 0.6) is 5.75 Å². The van der Waals surface area contributed by atoms with Gasteiger partial charge in [0.2, 0.25) is 0 Å². The fourth-order valence-corrected chi connectivity index (χ4v) is 4.08. The molecule has 0 amide bonds. The van der Waals surface area contributed by atoms with Gasteiger partial charge in [-0.1, -0.05) is 0 Å². The van der Waals surface area contributed by atoms with Crippen molar-refractivity contribution in [1.82, 2.24) is 5.32 Å². The Labute approximate surface area is 129 Å². The minimum Gasteiger partial charge on any atom is -0.494 e. The van der Waals surface area contributed by atoms with Crippen molar-refractivity contribution in [1.29, 1.82) is 0 Å². The summed E-state index contributed by atoms with van der Waals surface area (Å²) in [5, 5.41) is 3.45. The third-order valence-corrected chi connectivity index (χ3v) is 6.06. The van der Waals surface area contributed by atoms with Gasteiger partial charge in [0, 0.05) is 22.0 Å². The van der Waals surface area contributed by atoms with Gasteiger partial charge in [0.15, 0.2) is 0 Å². The Morgan fingerprint density at radius 1 is 1.24 bits per heavy atom. The standard InChI is InChI=1S/C17H25NO2S/c1-21(19)16-4-2-15(3-5-16)20-13-10-17(8-9-17)14-6-11-18-12-7-14/h2-5,14,18H,6-13H2,1H3. The first-order valence-corrected chi connectivity index (χ1v) is 9.52. The van der Waals surface area contributed by atoms with Crippen molar-refractivity contribution in [3.63, 3.8) is 0 Å². The number of hydrogen-bond donors (Lipinski definition) is 1. The molecule has 4 heteroatoms. The number of ether oxygens (including phenoxy) is 1. The minimum absolute atomic E-state index is 0.576. The maximum atomic E-state index is 11.4. The van der Waals surface area contributed by atoms with E-state index in [1.165, 1.54) is 45.2 Å². The number of rotatable bonds is 6. The average Bonchev–Trinajstić information content (AvgIpc) is 3.30. The summed E-state index contributed by atoms with van der Waals surface area (Å²) in [6.45, 7) is 3.17. The number of nitrogens with one attached hydrogen (secondary N) is 1. The van der Waals surface area contributed by atoms with Gasteiger partial charge in [0.05, 0.1) is 6.61 Å². The first-order valence-electron chi connectivity index (χ1n) is 7.97. The van der Waals surface area contributed by atoms with Gasteiger partial charge >= 0.3 is 0 Å². The van der Waals surface area contributed by atoms with Crippen LogP contribution in [0.2, 0.25) is 0 Å². The van der Waals surface area contributed by atoms with Crippen LogP contribution in [-0.4, -0.2) is 30.2 Å². The second-order valence-corrected chi connectivity index (χ2v) is 7.79. The largest absolute Gasteiger partial charge is 0.494 e. The van der Waals surface area contributed by atoms with Crippen LogP contribution in [0, 0.1) is 11.3 Å². The lowest BCUT2D eigenvalue weighted by Gasteiger charge is -2.30. The van der Waals surface area contributed by atoms with E-state index in [1.807, 2.05) is 24.3 Å². The van der Waals surface area contributed by atoms with Gasteiger partial charge in [-0.3, -0.25) is 4.21 Å². The summed E-state index contributed by atoms with van der Waals surface area (Å²) >= 11 is 0. The lowest BCUT2D eigenvalue weighted by Crippen LogP contribution is -2.33. The Morgan fingerprint density at radius 2 is 1.90 bits per heavy atom. The highest BCUT2D eigenvalue weighted by atomic mass is 32.2. The normalized spacial score (nSPS) is 22.7. The molecule has 1 unspecified atom stereocenters. The molecule has 21 heavy (non-hydrogen) atoms. The zero-order valence-corrected chi connectivity index (χ0v) is 13.6. The van der Waals surface area contributed by atoms with Gasteiger partial charge in [0.1, 0.15) is 5.75 Å². The summed E-state index contributed by atoms with van der Waals surface area (Å²) in [5.41, 5.74) is 0.576. The van der Waals surface area contributed by atoms with Gasteiger partial charge in [-0.05, 0) is 80.8 Å². The Kier molecular flexibility index (Phi) is 4.65. The van der Waals surface area contributed by atoms with Crippen LogP contribution in [-0.2, 0) is 10.8 Å². The van der Waals surface area contributed by atoms with Crippen molar-refractivity contribution in [2.24, 2.45) is 11.3 Å². The molecule has 2 aliphatic rings. The zero-order chi connectivity index (χ0) is 14.7. The van der Waals surface area contributed by atoms with E-state index in [4.69, 9.17) is 4.74 Å². The quantitative estimate of drug-likeness (QED) is 0.878. The van der Waals surface area contributed by atoms with Gasteiger partial charge < -0.3 is 10.1 Å². The monoisotopic (exact) mass is 307 g/mol. The Balaban J connectivity index is 1.48. The molecule has 1 N–H and O–H groups in total. The Bertz CT molecular complexity index is 490. The van der Waals surface area contributed by atoms with Crippen LogP contribution in [0.25, 0.3) is 0 Å². The lowest BCUT2D eigenvalue weighted by atomic mass is 9.80. The van der Waals surface area contributed by atoms with Crippen LogP contribution in [0.3, 0.4) is 0 Å². The molecule has 1 aliphatic heterocycles. The topological polar surface area (TPSA) is 38.3 Å². The SMILES string of the molecule is CS(=O)c1ccc(OCCC2(C3CCNCC3)CC2)cc1. The highest BCUT2D eigenvalue weighted by molar-refractivity contribution is 7.84. The van der Waals surface area contributed by atoms with Crippen LogP contribution >= 0.6 is 0 Å². The molecular formula is C17H25NO2S. The van der Waals surface area contributed by atoms with Crippen LogP contribution < -0.4 is 10.1 Å². The summed E-state index contributed by atoms with van der Waals surface area (Å²) in [7, 11) is -0.912. The molecule has 0 aromatic heterocycles. The van der Waals surface area contributed by atoms with Crippen molar-refractivity contribution < 1.29 is 8.95 Å². The summed E-state index contributed by atoms with van der Waals surface area (Å²) in [4.78, 5) is 0.857. The molecule has 2 fully saturated rings. The van der Waals surface area contributed by atoms with Gasteiger partial charge in [-0.15, -0.1) is 0 Å². The predicted molar refractivity (Wildman–Crippen MR) is 86.1 cm³/mol. The first kappa shape index (κ1) is 15.0. The number of hydrogen-bond acceptors (Lipinski definition) is 3. The third kappa shape index (κ3) is 3.67. The van der Waals surface area contributed by atoms with Gasteiger partial charge in [0.25, 0.3) is 0 Å². The van der Waals surface area contributed by atoms with Crippen LogP contribution in [0.4, 0.5) is 0 Å². The van der Waals surface area contributed by atoms with E-state index in [0.717, 1.165) is 23.2 Å². The van der Waals surface area contributed by atoms with Crippen molar-refractivity contribution in [3.05, 3.63) is 24.3 Å². The molecule has 3 nitrogen and oxygen atoms in total. The molecule has 3 rings (SSSR count). The van der Waals surface area contributed by atoms with E-state index in [2.05, 4.69) is 5.32 Å². The molecular weight excluding hydrogens is 282 g/mol. The van der Waals surface area contributed by atoms with E-state index in [-0.39, 0.29) is 0 Å². The zero-order valence-electron chi connectivity index (χ0n) is 12.8. The molecule has 1 aliphatic carbocycles. The second-order valence-electron chi connectivity index (χ2n) is 6.41. The molecule has 1 heterocycles. The highest BCUT2D eigenvalue weighted by Crippen LogP contribution is 2.57.